The summed E-state index contributed by atoms with van der Waals surface area (Å²) >= 11 is 0. The summed E-state index contributed by atoms with van der Waals surface area (Å²) in [6, 6.07) is 12.9. The summed E-state index contributed by atoms with van der Waals surface area (Å²) in [6.45, 7) is 0. The van der Waals surface area contributed by atoms with Crippen molar-refractivity contribution >= 4 is 13.3 Å². The molecule has 72 valence electrons. The van der Waals surface area contributed by atoms with Gasteiger partial charge in [-0.15, -0.1) is 0 Å². The fraction of sp³-hybridized carbons (Fsp3) is 0. The Kier molecular flexibility index (Phi) is 2.72. The third kappa shape index (κ3) is 2.59. The zero-order chi connectivity index (χ0) is 10.7. The molecule has 2 aromatic carbocycles. The van der Waals surface area contributed by atoms with Gasteiger partial charge in [-0.3, -0.25) is 0 Å². The minimum absolute atomic E-state index is 0.317. The van der Waals surface area contributed by atoms with Gasteiger partial charge < -0.3 is 4.74 Å². The van der Waals surface area contributed by atoms with Crippen molar-refractivity contribution in [1.29, 1.82) is 0 Å². The largest absolute Gasteiger partial charge is 0.457 e. The highest BCUT2D eigenvalue weighted by Crippen LogP contribution is 2.20. The number of benzene rings is 2. The summed E-state index contributed by atoms with van der Waals surface area (Å²) < 4.78 is 18.3. The number of rotatable bonds is 2. The van der Waals surface area contributed by atoms with Gasteiger partial charge in [-0.2, -0.15) is 0 Å². The van der Waals surface area contributed by atoms with Gasteiger partial charge in [-0.05, 0) is 24.3 Å². The molecule has 0 N–H and O–H groups in total. The normalized spacial score (nSPS) is 9.93. The van der Waals surface area contributed by atoms with Crippen LogP contribution in [0.4, 0.5) is 4.39 Å². The molecule has 1 nitrogen and oxygen atoms in total. The van der Waals surface area contributed by atoms with Crippen molar-refractivity contribution in [2.24, 2.45) is 0 Å². The van der Waals surface area contributed by atoms with Crippen LogP contribution in [0.2, 0.25) is 0 Å². The fourth-order valence-corrected chi connectivity index (χ4v) is 1.20. The zero-order valence-electron chi connectivity index (χ0n) is 7.98. The van der Waals surface area contributed by atoms with Crippen LogP contribution in [0.1, 0.15) is 0 Å². The summed E-state index contributed by atoms with van der Waals surface area (Å²) in [5, 5.41) is 0. The quantitative estimate of drug-likeness (QED) is 0.673. The first kappa shape index (κ1) is 9.78. The number of ether oxygens (including phenoxy) is 1. The lowest BCUT2D eigenvalue weighted by Gasteiger charge is -2.05. The van der Waals surface area contributed by atoms with E-state index in [1.54, 1.807) is 36.4 Å². The lowest BCUT2D eigenvalue weighted by Crippen LogP contribution is -1.99. The van der Waals surface area contributed by atoms with Crippen molar-refractivity contribution in [2.75, 3.05) is 0 Å². The number of halogens is 1. The summed E-state index contributed by atoms with van der Waals surface area (Å²) in [7, 11) is 5.53. The molecule has 3 heteroatoms. The Labute approximate surface area is 88.9 Å². The molecule has 0 bridgehead atoms. The highest BCUT2D eigenvalue weighted by molar-refractivity contribution is 6.32. The summed E-state index contributed by atoms with van der Waals surface area (Å²) in [4.78, 5) is 0. The molecule has 0 amide bonds. The third-order valence-corrected chi connectivity index (χ3v) is 1.91. The van der Waals surface area contributed by atoms with Gasteiger partial charge in [-0.1, -0.05) is 23.7 Å². The van der Waals surface area contributed by atoms with Gasteiger partial charge in [0.1, 0.15) is 25.2 Å². The second-order valence-electron chi connectivity index (χ2n) is 3.13. The molecule has 0 atom stereocenters. The lowest BCUT2D eigenvalue weighted by molar-refractivity contribution is 0.477. The van der Waals surface area contributed by atoms with E-state index in [0.29, 0.717) is 17.0 Å². The van der Waals surface area contributed by atoms with Crippen LogP contribution in [-0.4, -0.2) is 7.85 Å². The first-order valence-electron chi connectivity index (χ1n) is 4.53. The SMILES string of the molecule is [B]c1ccc(Oc2cccc(F)c2)cc1. The van der Waals surface area contributed by atoms with Gasteiger partial charge in [-0.25, -0.2) is 4.39 Å². The Bertz CT molecular complexity index is 453. The summed E-state index contributed by atoms with van der Waals surface area (Å²) in [5.41, 5.74) is 0.668. The lowest BCUT2D eigenvalue weighted by atomic mass is 9.97. The van der Waals surface area contributed by atoms with Gasteiger partial charge in [0, 0.05) is 6.07 Å². The molecule has 2 aromatic rings. The van der Waals surface area contributed by atoms with E-state index in [1.807, 2.05) is 0 Å². The molecular formula is C12H8BFO. The summed E-state index contributed by atoms with van der Waals surface area (Å²) in [5.74, 6) is 0.789. The highest BCUT2D eigenvalue weighted by atomic mass is 19.1. The smallest absolute Gasteiger partial charge is 0.130 e. The van der Waals surface area contributed by atoms with E-state index >= 15 is 0 Å². The van der Waals surface area contributed by atoms with Gasteiger partial charge in [0.05, 0.1) is 0 Å². The maximum atomic E-state index is 12.8. The Morgan fingerprint density at radius 1 is 0.933 bits per heavy atom. The molecule has 0 heterocycles. The maximum Gasteiger partial charge on any atom is 0.130 e. The molecular weight excluding hydrogens is 190 g/mol. The molecule has 15 heavy (non-hydrogen) atoms. The monoisotopic (exact) mass is 198 g/mol. The van der Waals surface area contributed by atoms with Crippen LogP contribution >= 0.6 is 0 Å². The Hall–Kier alpha value is -1.77. The van der Waals surface area contributed by atoms with Gasteiger partial charge in [0.15, 0.2) is 0 Å². The van der Waals surface area contributed by atoms with Crippen molar-refractivity contribution in [2.45, 2.75) is 0 Å². The molecule has 0 aliphatic rings. The molecule has 0 unspecified atom stereocenters. The number of hydrogen-bond acceptors (Lipinski definition) is 1. The predicted molar refractivity (Wildman–Crippen MR) is 58.3 cm³/mol. The van der Waals surface area contributed by atoms with E-state index in [4.69, 9.17) is 12.6 Å². The third-order valence-electron chi connectivity index (χ3n) is 1.91. The van der Waals surface area contributed by atoms with Gasteiger partial charge in [0.25, 0.3) is 0 Å². The van der Waals surface area contributed by atoms with Crippen LogP contribution in [0.15, 0.2) is 48.5 Å². The molecule has 0 spiro atoms. The van der Waals surface area contributed by atoms with Crippen molar-refractivity contribution in [3.05, 3.63) is 54.3 Å². The van der Waals surface area contributed by atoms with Gasteiger partial charge in [0.2, 0.25) is 0 Å². The van der Waals surface area contributed by atoms with Crippen molar-refractivity contribution in [3.8, 4) is 11.5 Å². The molecule has 0 saturated heterocycles. The zero-order valence-corrected chi connectivity index (χ0v) is 7.98. The molecule has 0 fully saturated rings. The van der Waals surface area contributed by atoms with E-state index in [1.165, 1.54) is 12.1 Å². The Balaban J connectivity index is 2.18. The fourth-order valence-electron chi connectivity index (χ4n) is 1.20. The molecule has 0 aliphatic carbocycles. The minimum atomic E-state index is -0.317. The van der Waals surface area contributed by atoms with E-state index in [2.05, 4.69) is 0 Å². The van der Waals surface area contributed by atoms with Crippen LogP contribution in [0.5, 0.6) is 11.5 Å². The van der Waals surface area contributed by atoms with Gasteiger partial charge >= 0.3 is 0 Å². The van der Waals surface area contributed by atoms with Crippen LogP contribution < -0.4 is 10.2 Å². The van der Waals surface area contributed by atoms with E-state index in [9.17, 15) is 4.39 Å². The van der Waals surface area contributed by atoms with Crippen molar-refractivity contribution in [1.82, 2.24) is 0 Å². The predicted octanol–water partition coefficient (Wildman–Crippen LogP) is 2.41. The standard InChI is InChI=1S/C12H8BFO/c13-9-4-6-11(7-5-9)15-12-3-1-2-10(14)8-12/h1-8H. The molecule has 0 aromatic heterocycles. The first-order valence-corrected chi connectivity index (χ1v) is 4.53. The molecule has 2 rings (SSSR count). The topological polar surface area (TPSA) is 9.23 Å². The average molecular weight is 198 g/mol. The maximum absolute atomic E-state index is 12.8. The second kappa shape index (κ2) is 4.17. The van der Waals surface area contributed by atoms with Crippen LogP contribution in [0.3, 0.4) is 0 Å². The molecule has 0 aliphatic heterocycles. The summed E-state index contributed by atoms with van der Waals surface area (Å²) in [6.07, 6.45) is 0. The van der Waals surface area contributed by atoms with Crippen LogP contribution in [0.25, 0.3) is 0 Å². The minimum Gasteiger partial charge on any atom is -0.457 e. The van der Waals surface area contributed by atoms with E-state index in [0.717, 1.165) is 0 Å². The Morgan fingerprint density at radius 3 is 2.33 bits per heavy atom. The van der Waals surface area contributed by atoms with Crippen LogP contribution in [-0.2, 0) is 0 Å². The van der Waals surface area contributed by atoms with E-state index in [-0.39, 0.29) is 5.82 Å². The first-order chi connectivity index (χ1) is 7.24. The van der Waals surface area contributed by atoms with Crippen molar-refractivity contribution < 1.29 is 9.13 Å². The molecule has 0 saturated carbocycles. The number of hydrogen-bond donors (Lipinski definition) is 0. The Morgan fingerprint density at radius 2 is 1.67 bits per heavy atom. The molecule has 2 radical (unpaired) electrons. The van der Waals surface area contributed by atoms with E-state index < -0.39 is 0 Å². The van der Waals surface area contributed by atoms with Crippen molar-refractivity contribution in [3.63, 3.8) is 0 Å². The van der Waals surface area contributed by atoms with Crippen LogP contribution in [0, 0.1) is 5.82 Å². The average Bonchev–Trinajstić information content (AvgIpc) is 2.22. The second-order valence-corrected chi connectivity index (χ2v) is 3.13. The highest BCUT2D eigenvalue weighted by Gasteiger charge is 1.97.